The molecule has 0 radical (unpaired) electrons. The van der Waals surface area contributed by atoms with Crippen molar-refractivity contribution in [2.24, 2.45) is 0 Å². The minimum atomic E-state index is -3.69. The highest BCUT2D eigenvalue weighted by Gasteiger charge is 2.18. The Balaban J connectivity index is 2.13. The molecule has 0 fully saturated rings. The fraction of sp³-hybridized carbons (Fsp3) is 0.222. The van der Waals surface area contributed by atoms with Crippen molar-refractivity contribution < 1.29 is 8.42 Å². The molecule has 2 rings (SSSR count). The van der Waals surface area contributed by atoms with Gasteiger partial charge in [0.2, 0.25) is 10.0 Å². The fourth-order valence-electron chi connectivity index (χ4n) is 1.35. The minimum absolute atomic E-state index is 0.00127. The summed E-state index contributed by atoms with van der Waals surface area (Å²) in [5.74, 6) is 0.580. The highest BCUT2D eigenvalue weighted by atomic mass is 32.2. The van der Waals surface area contributed by atoms with Crippen LogP contribution in [0.4, 0.5) is 5.82 Å². The summed E-state index contributed by atoms with van der Waals surface area (Å²) < 4.78 is 26.1. The van der Waals surface area contributed by atoms with Gasteiger partial charge in [-0.25, -0.2) is 23.1 Å². The number of anilines is 1. The van der Waals surface area contributed by atoms with Gasteiger partial charge < -0.3 is 5.73 Å². The van der Waals surface area contributed by atoms with Gasteiger partial charge in [0.05, 0.1) is 18.4 Å². The molecule has 0 saturated heterocycles. The summed E-state index contributed by atoms with van der Waals surface area (Å²) in [7, 11) is -3.69. The van der Waals surface area contributed by atoms with Crippen LogP contribution in [0.2, 0.25) is 0 Å². The second-order valence-corrected chi connectivity index (χ2v) is 5.30. The molecule has 0 aliphatic carbocycles. The number of aromatic nitrogens is 4. The molecule has 0 aromatic carbocycles. The lowest BCUT2D eigenvalue weighted by atomic mass is 10.4. The van der Waals surface area contributed by atoms with E-state index in [2.05, 4.69) is 24.9 Å². The first-order valence-corrected chi connectivity index (χ1v) is 6.54. The van der Waals surface area contributed by atoms with E-state index in [1.807, 2.05) is 0 Å². The highest BCUT2D eigenvalue weighted by molar-refractivity contribution is 7.89. The van der Waals surface area contributed by atoms with Gasteiger partial charge in [-0.1, -0.05) is 0 Å². The van der Waals surface area contributed by atoms with Crippen molar-refractivity contribution in [1.82, 2.24) is 24.9 Å². The van der Waals surface area contributed by atoms with Crippen LogP contribution in [-0.2, 0) is 16.6 Å². The van der Waals surface area contributed by atoms with Crippen LogP contribution in [0.3, 0.4) is 0 Å². The standard InChI is InChI=1S/C9H12N6O2S/c1-6-11-3-2-7(14-6)4-13-18(16,17)8-5-12-15-9(8)10/h2-3,5,13H,4H2,1H3,(H3,10,12,15). The molecule has 0 unspecified atom stereocenters. The molecule has 0 saturated carbocycles. The summed E-state index contributed by atoms with van der Waals surface area (Å²) in [6.45, 7) is 1.79. The Morgan fingerprint density at radius 1 is 1.50 bits per heavy atom. The van der Waals surface area contributed by atoms with Crippen molar-refractivity contribution >= 4 is 15.8 Å². The fourth-order valence-corrected chi connectivity index (χ4v) is 2.37. The van der Waals surface area contributed by atoms with Crippen LogP contribution < -0.4 is 10.5 Å². The maximum atomic E-state index is 11.9. The third-order valence-electron chi connectivity index (χ3n) is 2.20. The normalized spacial score (nSPS) is 11.6. The molecule has 0 spiro atoms. The number of aryl methyl sites for hydroxylation is 1. The first kappa shape index (κ1) is 12.5. The SMILES string of the molecule is Cc1nccc(CNS(=O)(=O)c2cn[nH]c2N)n1. The molecule has 0 bridgehead atoms. The van der Waals surface area contributed by atoms with E-state index in [1.54, 1.807) is 19.2 Å². The summed E-state index contributed by atoms with van der Waals surface area (Å²) in [6.07, 6.45) is 2.72. The second kappa shape index (κ2) is 4.70. The predicted octanol–water partition coefficient (Wildman–Crippen LogP) is -0.431. The van der Waals surface area contributed by atoms with Crippen molar-refractivity contribution in [3.8, 4) is 0 Å². The number of nitrogen functional groups attached to an aromatic ring is 1. The van der Waals surface area contributed by atoms with Crippen LogP contribution in [0.1, 0.15) is 11.5 Å². The summed E-state index contributed by atoms with van der Waals surface area (Å²) in [6, 6.07) is 1.63. The molecule has 0 amide bonds. The topological polar surface area (TPSA) is 127 Å². The van der Waals surface area contributed by atoms with Crippen LogP contribution in [0.5, 0.6) is 0 Å². The molecular formula is C9H12N6O2S. The number of hydrogen-bond acceptors (Lipinski definition) is 6. The van der Waals surface area contributed by atoms with E-state index in [9.17, 15) is 8.42 Å². The Morgan fingerprint density at radius 2 is 2.28 bits per heavy atom. The Hall–Kier alpha value is -2.00. The van der Waals surface area contributed by atoms with E-state index in [1.165, 1.54) is 0 Å². The van der Waals surface area contributed by atoms with Gasteiger partial charge in [0.25, 0.3) is 0 Å². The molecule has 0 aliphatic heterocycles. The quantitative estimate of drug-likeness (QED) is 0.690. The van der Waals surface area contributed by atoms with E-state index in [0.717, 1.165) is 6.20 Å². The molecule has 2 aromatic rings. The second-order valence-electron chi connectivity index (χ2n) is 3.57. The lowest BCUT2D eigenvalue weighted by Gasteiger charge is -2.05. The number of H-pyrrole nitrogens is 1. The first-order chi connectivity index (χ1) is 8.49. The number of nitrogens with two attached hydrogens (primary N) is 1. The Morgan fingerprint density at radius 3 is 2.89 bits per heavy atom. The molecule has 96 valence electrons. The van der Waals surface area contributed by atoms with Crippen molar-refractivity contribution in [3.05, 3.63) is 30.0 Å². The zero-order valence-electron chi connectivity index (χ0n) is 9.58. The monoisotopic (exact) mass is 268 g/mol. The van der Waals surface area contributed by atoms with Gasteiger partial charge in [-0.05, 0) is 13.0 Å². The molecule has 0 atom stereocenters. The number of hydrogen-bond donors (Lipinski definition) is 3. The zero-order chi connectivity index (χ0) is 13.2. The number of nitrogens with zero attached hydrogens (tertiary/aromatic N) is 3. The van der Waals surface area contributed by atoms with Gasteiger partial charge in [-0.15, -0.1) is 0 Å². The number of rotatable bonds is 4. The highest BCUT2D eigenvalue weighted by Crippen LogP contribution is 2.13. The number of sulfonamides is 1. The molecular weight excluding hydrogens is 256 g/mol. The van der Waals surface area contributed by atoms with Crippen LogP contribution in [0, 0.1) is 6.92 Å². The Labute approximate surface area is 104 Å². The van der Waals surface area contributed by atoms with Crippen LogP contribution in [0.15, 0.2) is 23.4 Å². The molecule has 2 aromatic heterocycles. The molecule has 18 heavy (non-hydrogen) atoms. The third kappa shape index (κ3) is 2.63. The lowest BCUT2D eigenvalue weighted by Crippen LogP contribution is -2.24. The van der Waals surface area contributed by atoms with Gasteiger partial charge in [0.1, 0.15) is 16.5 Å². The number of nitrogens with one attached hydrogen (secondary N) is 2. The van der Waals surface area contributed by atoms with Gasteiger partial charge in [0.15, 0.2) is 0 Å². The molecule has 8 nitrogen and oxygen atoms in total. The van der Waals surface area contributed by atoms with E-state index in [0.29, 0.717) is 11.5 Å². The van der Waals surface area contributed by atoms with Gasteiger partial charge >= 0.3 is 0 Å². The van der Waals surface area contributed by atoms with Crippen LogP contribution in [-0.4, -0.2) is 28.6 Å². The average molecular weight is 268 g/mol. The van der Waals surface area contributed by atoms with E-state index >= 15 is 0 Å². The van der Waals surface area contributed by atoms with Crippen molar-refractivity contribution in [2.75, 3.05) is 5.73 Å². The minimum Gasteiger partial charge on any atom is -0.383 e. The summed E-state index contributed by atoms with van der Waals surface area (Å²) in [5, 5.41) is 5.93. The lowest BCUT2D eigenvalue weighted by molar-refractivity contribution is 0.580. The van der Waals surface area contributed by atoms with E-state index < -0.39 is 10.0 Å². The van der Waals surface area contributed by atoms with Gasteiger partial charge in [-0.2, -0.15) is 5.10 Å². The van der Waals surface area contributed by atoms with E-state index in [4.69, 9.17) is 5.73 Å². The first-order valence-electron chi connectivity index (χ1n) is 5.06. The van der Waals surface area contributed by atoms with Gasteiger partial charge in [0, 0.05) is 6.20 Å². The van der Waals surface area contributed by atoms with Crippen LogP contribution in [0.25, 0.3) is 0 Å². The molecule has 0 aliphatic rings. The van der Waals surface area contributed by atoms with Crippen LogP contribution >= 0.6 is 0 Å². The summed E-state index contributed by atoms with van der Waals surface area (Å²) in [4.78, 5) is 7.94. The molecule has 9 heteroatoms. The van der Waals surface area contributed by atoms with Crippen molar-refractivity contribution in [3.63, 3.8) is 0 Å². The van der Waals surface area contributed by atoms with Crippen molar-refractivity contribution in [1.29, 1.82) is 0 Å². The third-order valence-corrected chi connectivity index (χ3v) is 3.63. The molecule has 4 N–H and O–H groups in total. The number of aromatic amines is 1. The predicted molar refractivity (Wildman–Crippen MR) is 63.8 cm³/mol. The zero-order valence-corrected chi connectivity index (χ0v) is 10.4. The Bertz CT molecular complexity index is 651. The smallest absolute Gasteiger partial charge is 0.246 e. The van der Waals surface area contributed by atoms with Crippen molar-refractivity contribution in [2.45, 2.75) is 18.4 Å². The summed E-state index contributed by atoms with van der Waals surface area (Å²) in [5.41, 5.74) is 6.03. The summed E-state index contributed by atoms with van der Waals surface area (Å²) >= 11 is 0. The van der Waals surface area contributed by atoms with E-state index in [-0.39, 0.29) is 17.3 Å². The Kier molecular flexibility index (Phi) is 3.26. The average Bonchev–Trinajstić information content (AvgIpc) is 2.74. The largest absolute Gasteiger partial charge is 0.383 e. The maximum absolute atomic E-state index is 11.9. The van der Waals surface area contributed by atoms with Gasteiger partial charge in [-0.3, -0.25) is 5.10 Å². The maximum Gasteiger partial charge on any atom is 0.246 e. The molecule has 2 heterocycles.